The van der Waals surface area contributed by atoms with E-state index in [0.29, 0.717) is 0 Å². The molecule has 2 atom stereocenters. The second-order valence-electron chi connectivity index (χ2n) is 4.04. The highest BCUT2D eigenvalue weighted by atomic mass is 16.1. The highest BCUT2D eigenvalue weighted by Crippen LogP contribution is 2.40. The topological polar surface area (TPSA) is 17.1 Å². The second kappa shape index (κ2) is 3.91. The van der Waals surface area contributed by atoms with E-state index in [9.17, 15) is 4.79 Å². The minimum atomic E-state index is 0.733. The van der Waals surface area contributed by atoms with Gasteiger partial charge in [0.1, 0.15) is 6.29 Å². The number of allylic oxidation sites excluding steroid dienone is 4. The van der Waals surface area contributed by atoms with E-state index in [1.807, 2.05) is 0 Å². The summed E-state index contributed by atoms with van der Waals surface area (Å²) in [6.07, 6.45) is 13.6. The lowest BCUT2D eigenvalue weighted by atomic mass is 9.97. The van der Waals surface area contributed by atoms with Crippen molar-refractivity contribution in [3.05, 3.63) is 23.8 Å². The van der Waals surface area contributed by atoms with Gasteiger partial charge in [-0.3, -0.25) is 0 Å². The number of hydrogen-bond donors (Lipinski definition) is 0. The largest absolute Gasteiger partial charge is 0.303 e. The number of carbonyl (C=O) groups excluding carboxylic acids is 1. The van der Waals surface area contributed by atoms with E-state index in [4.69, 9.17) is 0 Å². The monoisotopic (exact) mass is 176 g/mol. The van der Waals surface area contributed by atoms with E-state index < -0.39 is 0 Å². The van der Waals surface area contributed by atoms with Gasteiger partial charge in [0.2, 0.25) is 0 Å². The van der Waals surface area contributed by atoms with Gasteiger partial charge >= 0.3 is 0 Å². The van der Waals surface area contributed by atoms with Crippen LogP contribution in [0.3, 0.4) is 0 Å². The van der Waals surface area contributed by atoms with Crippen molar-refractivity contribution in [3.63, 3.8) is 0 Å². The summed E-state index contributed by atoms with van der Waals surface area (Å²) in [6.45, 7) is 0. The first-order valence-corrected chi connectivity index (χ1v) is 5.22. The van der Waals surface area contributed by atoms with Crippen LogP contribution in [0.4, 0.5) is 0 Å². The summed E-state index contributed by atoms with van der Waals surface area (Å²) in [4.78, 5) is 10.1. The van der Waals surface area contributed by atoms with Crippen LogP contribution >= 0.6 is 0 Å². The molecule has 2 rings (SSSR count). The van der Waals surface area contributed by atoms with Crippen LogP contribution in [0, 0.1) is 11.8 Å². The van der Waals surface area contributed by atoms with E-state index in [-0.39, 0.29) is 0 Å². The third-order valence-electron chi connectivity index (χ3n) is 3.06. The van der Waals surface area contributed by atoms with Gasteiger partial charge in [-0.1, -0.05) is 23.8 Å². The third kappa shape index (κ3) is 1.90. The number of hydrogen-bond acceptors (Lipinski definition) is 1. The van der Waals surface area contributed by atoms with Crippen molar-refractivity contribution < 1.29 is 4.79 Å². The molecule has 70 valence electrons. The van der Waals surface area contributed by atoms with Crippen LogP contribution in [0.1, 0.15) is 32.1 Å². The molecule has 2 aliphatic carbocycles. The predicted octanol–water partition coefficient (Wildman–Crippen LogP) is 2.88. The Hall–Kier alpha value is -0.850. The average molecular weight is 176 g/mol. The Kier molecular flexibility index (Phi) is 2.62. The van der Waals surface area contributed by atoms with E-state index in [2.05, 4.69) is 18.2 Å². The van der Waals surface area contributed by atoms with Crippen molar-refractivity contribution >= 4 is 6.29 Å². The van der Waals surface area contributed by atoms with Crippen LogP contribution in [0.25, 0.3) is 0 Å². The van der Waals surface area contributed by atoms with Crippen molar-refractivity contribution in [1.82, 2.24) is 0 Å². The molecule has 0 fully saturated rings. The lowest BCUT2D eigenvalue weighted by Gasteiger charge is -2.08. The van der Waals surface area contributed by atoms with Crippen LogP contribution in [0.2, 0.25) is 0 Å². The molecule has 1 heteroatoms. The van der Waals surface area contributed by atoms with Gasteiger partial charge in [-0.05, 0) is 37.5 Å². The van der Waals surface area contributed by atoms with Crippen molar-refractivity contribution in [2.45, 2.75) is 32.1 Å². The zero-order valence-corrected chi connectivity index (χ0v) is 7.91. The molecule has 0 saturated heterocycles. The molecular formula is C12H16O. The Labute approximate surface area is 79.5 Å². The van der Waals surface area contributed by atoms with Crippen LogP contribution in [-0.4, -0.2) is 6.29 Å². The van der Waals surface area contributed by atoms with Crippen LogP contribution < -0.4 is 0 Å². The highest BCUT2D eigenvalue weighted by molar-refractivity contribution is 5.48. The molecule has 2 bridgehead atoms. The average Bonchev–Trinajstić information content (AvgIpc) is 2.73. The first-order valence-electron chi connectivity index (χ1n) is 5.22. The molecule has 0 aromatic carbocycles. The molecule has 2 aliphatic rings. The van der Waals surface area contributed by atoms with Crippen molar-refractivity contribution in [3.8, 4) is 0 Å². The minimum absolute atomic E-state index is 0.733. The third-order valence-corrected chi connectivity index (χ3v) is 3.06. The molecule has 0 unspecified atom stereocenters. The Balaban J connectivity index is 1.72. The molecule has 0 amide bonds. The summed E-state index contributed by atoms with van der Waals surface area (Å²) in [7, 11) is 0. The molecule has 0 N–H and O–H groups in total. The lowest BCUT2D eigenvalue weighted by molar-refractivity contribution is -0.107. The standard InChI is InChI=1S/C12H16O/c13-7-3-1-2-4-11-8-10-5-6-12(11)9-10/h5-8,10,12H,1-4,9H2/t10-,12-/m1/s1. The number of rotatable bonds is 5. The number of fused-ring (bicyclic) bond motifs is 2. The van der Waals surface area contributed by atoms with Crippen molar-refractivity contribution in [2.75, 3.05) is 0 Å². The summed E-state index contributed by atoms with van der Waals surface area (Å²) in [6, 6.07) is 0. The zero-order valence-electron chi connectivity index (χ0n) is 7.91. The maximum absolute atomic E-state index is 10.1. The molecule has 0 spiro atoms. The maximum Gasteiger partial charge on any atom is 0.119 e. The molecule has 0 heterocycles. The van der Waals surface area contributed by atoms with E-state index >= 15 is 0 Å². The molecule has 0 aromatic heterocycles. The van der Waals surface area contributed by atoms with Crippen LogP contribution in [-0.2, 0) is 4.79 Å². The Morgan fingerprint density at radius 2 is 2.31 bits per heavy atom. The first-order chi connectivity index (χ1) is 6.40. The van der Waals surface area contributed by atoms with Gasteiger partial charge in [-0.2, -0.15) is 0 Å². The number of carbonyl (C=O) groups is 1. The second-order valence-corrected chi connectivity index (χ2v) is 4.04. The van der Waals surface area contributed by atoms with Gasteiger partial charge in [0.25, 0.3) is 0 Å². The molecule has 0 aromatic rings. The number of unbranched alkanes of at least 4 members (excludes halogenated alkanes) is 2. The molecule has 0 saturated carbocycles. The SMILES string of the molecule is O=CCCCCC1=C[C@H]2C=C[C@@H]1C2. The number of aldehydes is 1. The molecule has 13 heavy (non-hydrogen) atoms. The first kappa shape index (κ1) is 8.74. The van der Waals surface area contributed by atoms with E-state index in [1.54, 1.807) is 5.57 Å². The van der Waals surface area contributed by atoms with Gasteiger partial charge in [0.15, 0.2) is 0 Å². The summed E-state index contributed by atoms with van der Waals surface area (Å²) < 4.78 is 0. The summed E-state index contributed by atoms with van der Waals surface area (Å²) in [5.41, 5.74) is 1.62. The zero-order chi connectivity index (χ0) is 9.10. The minimum Gasteiger partial charge on any atom is -0.303 e. The van der Waals surface area contributed by atoms with Crippen LogP contribution in [0.5, 0.6) is 0 Å². The predicted molar refractivity (Wildman–Crippen MR) is 53.4 cm³/mol. The highest BCUT2D eigenvalue weighted by Gasteiger charge is 2.26. The Bertz CT molecular complexity index is 250. The molecule has 1 nitrogen and oxygen atoms in total. The molecular weight excluding hydrogens is 160 g/mol. The fraction of sp³-hybridized carbons (Fsp3) is 0.583. The van der Waals surface area contributed by atoms with Gasteiger partial charge in [-0.25, -0.2) is 0 Å². The van der Waals surface area contributed by atoms with Gasteiger partial charge in [0, 0.05) is 6.42 Å². The fourth-order valence-corrected chi connectivity index (χ4v) is 2.35. The summed E-state index contributed by atoms with van der Waals surface area (Å²) >= 11 is 0. The lowest BCUT2D eigenvalue weighted by Crippen LogP contribution is -1.93. The normalized spacial score (nSPS) is 29.4. The Morgan fingerprint density at radius 1 is 1.38 bits per heavy atom. The van der Waals surface area contributed by atoms with E-state index in [0.717, 1.165) is 31.0 Å². The van der Waals surface area contributed by atoms with Gasteiger partial charge in [0.05, 0.1) is 0 Å². The molecule has 0 radical (unpaired) electrons. The van der Waals surface area contributed by atoms with Crippen molar-refractivity contribution in [2.24, 2.45) is 11.8 Å². The summed E-state index contributed by atoms with van der Waals surface area (Å²) in [5, 5.41) is 0. The van der Waals surface area contributed by atoms with Gasteiger partial charge in [-0.15, -0.1) is 0 Å². The fourth-order valence-electron chi connectivity index (χ4n) is 2.35. The van der Waals surface area contributed by atoms with Gasteiger partial charge < -0.3 is 4.79 Å². The summed E-state index contributed by atoms with van der Waals surface area (Å²) in [5.74, 6) is 1.49. The van der Waals surface area contributed by atoms with Crippen molar-refractivity contribution in [1.29, 1.82) is 0 Å². The molecule has 0 aliphatic heterocycles. The van der Waals surface area contributed by atoms with Crippen LogP contribution in [0.15, 0.2) is 23.8 Å². The van der Waals surface area contributed by atoms with E-state index in [1.165, 1.54) is 19.3 Å². The Morgan fingerprint density at radius 3 is 2.92 bits per heavy atom. The maximum atomic E-state index is 10.1. The quantitative estimate of drug-likeness (QED) is 0.357. The smallest absolute Gasteiger partial charge is 0.119 e.